The Morgan fingerprint density at radius 3 is 2.59 bits per heavy atom. The number of hydrogen-bond donors (Lipinski definition) is 2. The van der Waals surface area contributed by atoms with Crippen LogP contribution in [0.5, 0.6) is 0 Å². The van der Waals surface area contributed by atoms with Gasteiger partial charge in [0.2, 0.25) is 0 Å². The standard InChI is InChI=1S/C19H12Cl2N2O3.Na/c20-12-8-14(21)17-13(18(19(25)26)23-15(17)9-12)6-7-16(24)22-10-11-4-2-1-3-5-11;/h1-5,8-9,23H,10H2,(H,22,24)(H,25,26);/q;+1/p-1. The van der Waals surface area contributed by atoms with Crippen LogP contribution in [0.25, 0.3) is 10.9 Å². The quantitative estimate of drug-likeness (QED) is 0.286. The van der Waals surface area contributed by atoms with Gasteiger partial charge in [0.25, 0.3) is 0 Å². The van der Waals surface area contributed by atoms with Gasteiger partial charge in [-0.25, -0.2) is 4.79 Å². The SMILES string of the molecule is O=C(O)c1[nH]c2cc(Cl)cc(Cl)c2c1C#CC([O-])=NCc1ccccc1.[Na+]. The Hall–Kier alpha value is -1.94. The van der Waals surface area contributed by atoms with Crippen LogP contribution in [0.3, 0.4) is 0 Å². The predicted molar refractivity (Wildman–Crippen MR) is 99.7 cm³/mol. The first-order chi connectivity index (χ1) is 12.5. The molecule has 0 unspecified atom stereocenters. The van der Waals surface area contributed by atoms with Gasteiger partial charge in [0.15, 0.2) is 0 Å². The van der Waals surface area contributed by atoms with E-state index < -0.39 is 11.9 Å². The molecular formula is C19H11Cl2N2NaO3. The molecule has 2 aromatic carbocycles. The smallest absolute Gasteiger partial charge is 0.853 e. The molecule has 0 fully saturated rings. The van der Waals surface area contributed by atoms with E-state index in [0.717, 1.165) is 5.56 Å². The maximum Gasteiger partial charge on any atom is 1.00 e. The van der Waals surface area contributed by atoms with Crippen molar-refractivity contribution in [2.24, 2.45) is 4.99 Å². The number of aromatic carboxylic acids is 1. The normalized spacial score (nSPS) is 10.8. The van der Waals surface area contributed by atoms with Gasteiger partial charge in [0.05, 0.1) is 22.6 Å². The van der Waals surface area contributed by atoms with Crippen molar-refractivity contribution in [3.05, 3.63) is 69.3 Å². The van der Waals surface area contributed by atoms with Crippen LogP contribution in [0.1, 0.15) is 21.6 Å². The zero-order valence-corrected chi connectivity index (χ0v) is 17.7. The van der Waals surface area contributed by atoms with E-state index in [1.165, 1.54) is 6.07 Å². The molecule has 0 saturated heterocycles. The van der Waals surface area contributed by atoms with Gasteiger partial charge in [0.1, 0.15) is 5.69 Å². The summed E-state index contributed by atoms with van der Waals surface area (Å²) in [5.41, 5.74) is 1.27. The van der Waals surface area contributed by atoms with Crippen molar-refractivity contribution < 1.29 is 44.6 Å². The summed E-state index contributed by atoms with van der Waals surface area (Å²) in [6, 6.07) is 12.3. The summed E-state index contributed by atoms with van der Waals surface area (Å²) in [7, 11) is 0. The van der Waals surface area contributed by atoms with Crippen molar-refractivity contribution in [3.8, 4) is 11.8 Å². The molecule has 0 aliphatic heterocycles. The van der Waals surface area contributed by atoms with E-state index in [1.807, 2.05) is 30.3 Å². The summed E-state index contributed by atoms with van der Waals surface area (Å²) >= 11 is 12.1. The molecule has 27 heavy (non-hydrogen) atoms. The van der Waals surface area contributed by atoms with E-state index >= 15 is 0 Å². The molecule has 0 bridgehead atoms. The molecule has 1 aromatic heterocycles. The molecule has 130 valence electrons. The number of nitrogens with zero attached hydrogens (tertiary/aromatic N) is 1. The first kappa shape index (κ1) is 21.4. The molecule has 8 heteroatoms. The summed E-state index contributed by atoms with van der Waals surface area (Å²) < 4.78 is 0. The number of carbonyl (C=O) groups is 1. The molecule has 0 aliphatic carbocycles. The Morgan fingerprint density at radius 2 is 1.93 bits per heavy atom. The molecule has 0 spiro atoms. The number of aromatic nitrogens is 1. The monoisotopic (exact) mass is 408 g/mol. The maximum absolute atomic E-state index is 11.9. The number of aromatic amines is 1. The van der Waals surface area contributed by atoms with Crippen LogP contribution >= 0.6 is 23.2 Å². The first-order valence-electron chi connectivity index (χ1n) is 7.47. The molecule has 3 aromatic rings. The van der Waals surface area contributed by atoms with Crippen LogP contribution in [0.2, 0.25) is 10.0 Å². The zero-order chi connectivity index (χ0) is 18.7. The number of rotatable bonds is 3. The van der Waals surface area contributed by atoms with Crippen molar-refractivity contribution in [1.29, 1.82) is 0 Å². The van der Waals surface area contributed by atoms with Gasteiger partial charge in [-0.05, 0) is 17.7 Å². The minimum absolute atomic E-state index is 0. The van der Waals surface area contributed by atoms with Crippen LogP contribution in [-0.4, -0.2) is 22.0 Å². The number of H-pyrrole nitrogens is 1. The first-order valence-corrected chi connectivity index (χ1v) is 8.22. The van der Waals surface area contributed by atoms with Crippen molar-refractivity contribution in [3.63, 3.8) is 0 Å². The van der Waals surface area contributed by atoms with Crippen LogP contribution in [0, 0.1) is 11.8 Å². The third kappa shape index (κ3) is 5.07. The summed E-state index contributed by atoms with van der Waals surface area (Å²) in [4.78, 5) is 18.0. The molecule has 1 heterocycles. The van der Waals surface area contributed by atoms with Gasteiger partial charge in [-0.1, -0.05) is 65.4 Å². The number of carboxylic acids is 1. The minimum Gasteiger partial charge on any atom is -0.853 e. The third-order valence-electron chi connectivity index (χ3n) is 3.57. The Morgan fingerprint density at radius 1 is 1.22 bits per heavy atom. The van der Waals surface area contributed by atoms with E-state index in [9.17, 15) is 15.0 Å². The second-order valence-corrected chi connectivity index (χ2v) is 6.19. The summed E-state index contributed by atoms with van der Waals surface area (Å²) in [6.07, 6.45) is 0. The van der Waals surface area contributed by atoms with Crippen molar-refractivity contribution in [2.75, 3.05) is 0 Å². The van der Waals surface area contributed by atoms with E-state index in [1.54, 1.807) is 6.07 Å². The second-order valence-electron chi connectivity index (χ2n) is 5.35. The topological polar surface area (TPSA) is 88.5 Å². The molecule has 0 atom stereocenters. The minimum atomic E-state index is -1.22. The van der Waals surface area contributed by atoms with Gasteiger partial charge in [-0.3, -0.25) is 4.99 Å². The summed E-state index contributed by atoms with van der Waals surface area (Å²) in [5, 5.41) is 22.3. The zero-order valence-electron chi connectivity index (χ0n) is 14.2. The number of nitrogens with one attached hydrogen (secondary N) is 1. The molecule has 0 saturated carbocycles. The number of carboxylic acid groups (broad SMARTS) is 1. The van der Waals surface area contributed by atoms with Crippen molar-refractivity contribution in [2.45, 2.75) is 6.54 Å². The van der Waals surface area contributed by atoms with Crippen LogP contribution < -0.4 is 34.7 Å². The Bertz CT molecular complexity index is 1080. The molecule has 0 amide bonds. The average molecular weight is 409 g/mol. The van der Waals surface area contributed by atoms with Gasteiger partial charge in [0, 0.05) is 16.3 Å². The average Bonchev–Trinajstić information content (AvgIpc) is 2.98. The fourth-order valence-electron chi connectivity index (χ4n) is 2.44. The molecule has 5 nitrogen and oxygen atoms in total. The van der Waals surface area contributed by atoms with Crippen LogP contribution in [-0.2, 0) is 6.54 Å². The van der Waals surface area contributed by atoms with Gasteiger partial charge >= 0.3 is 35.5 Å². The molecule has 0 radical (unpaired) electrons. The van der Waals surface area contributed by atoms with Gasteiger partial charge in [-0.15, -0.1) is 0 Å². The molecular weight excluding hydrogens is 398 g/mol. The third-order valence-corrected chi connectivity index (χ3v) is 4.09. The number of aliphatic imine (C=N–C) groups is 1. The van der Waals surface area contributed by atoms with E-state index in [-0.39, 0.29) is 52.4 Å². The number of hydrogen-bond acceptors (Lipinski definition) is 3. The number of fused-ring (bicyclic) bond motifs is 1. The van der Waals surface area contributed by atoms with E-state index in [4.69, 9.17) is 23.2 Å². The second kappa shape index (κ2) is 9.32. The Labute approximate surface area is 187 Å². The predicted octanol–water partition coefficient (Wildman–Crippen LogP) is 0.487. The number of benzene rings is 2. The summed E-state index contributed by atoms with van der Waals surface area (Å²) in [6.45, 7) is 0.199. The molecule has 2 N–H and O–H groups in total. The van der Waals surface area contributed by atoms with E-state index in [2.05, 4.69) is 21.8 Å². The largest absolute Gasteiger partial charge is 1.00 e. The molecule has 0 aliphatic rings. The van der Waals surface area contributed by atoms with Crippen LogP contribution in [0.15, 0.2) is 47.5 Å². The van der Waals surface area contributed by atoms with Crippen molar-refractivity contribution >= 4 is 46.0 Å². The fourth-order valence-corrected chi connectivity index (χ4v) is 3.02. The van der Waals surface area contributed by atoms with Crippen molar-refractivity contribution in [1.82, 2.24) is 4.98 Å². The Balaban J connectivity index is 0.00000261. The summed E-state index contributed by atoms with van der Waals surface area (Å²) in [5.74, 6) is 3.07. The van der Waals surface area contributed by atoms with Gasteiger partial charge in [-0.2, -0.15) is 0 Å². The van der Waals surface area contributed by atoms with Gasteiger partial charge < -0.3 is 15.2 Å². The number of halogens is 2. The fraction of sp³-hybridized carbons (Fsp3) is 0.0526. The molecule has 3 rings (SSSR count). The Kier molecular flexibility index (Phi) is 7.37. The van der Waals surface area contributed by atoms with E-state index in [0.29, 0.717) is 15.9 Å². The maximum atomic E-state index is 11.9. The van der Waals surface area contributed by atoms with Crippen LogP contribution in [0.4, 0.5) is 0 Å².